The summed E-state index contributed by atoms with van der Waals surface area (Å²) in [5.74, 6) is 1.21. The van der Waals surface area contributed by atoms with Crippen LogP contribution in [0.15, 0.2) is 122 Å². The lowest BCUT2D eigenvalue weighted by Crippen LogP contribution is -2.43. The van der Waals surface area contributed by atoms with Gasteiger partial charge in [-0.1, -0.05) is 112 Å². The third kappa shape index (κ3) is 6.76. The highest BCUT2D eigenvalue weighted by Gasteiger charge is 2.41. The molecule has 10 nitrogen and oxygen atoms in total. The summed E-state index contributed by atoms with van der Waals surface area (Å²) in [5, 5.41) is 17.8. The van der Waals surface area contributed by atoms with E-state index < -0.39 is 5.54 Å². The maximum absolute atomic E-state index is 13.8. The number of carbonyl (C=O) groups is 1. The molecule has 264 valence electrons. The molecule has 3 aromatic carbocycles. The Morgan fingerprint density at radius 2 is 1.44 bits per heavy atom. The second-order valence-corrected chi connectivity index (χ2v) is 14.2. The summed E-state index contributed by atoms with van der Waals surface area (Å²) in [6.07, 6.45) is 5.37. The molecule has 0 saturated carbocycles. The number of amides is 2. The van der Waals surface area contributed by atoms with Crippen molar-refractivity contribution in [1.82, 2.24) is 35.1 Å². The van der Waals surface area contributed by atoms with Crippen LogP contribution in [0.1, 0.15) is 57.2 Å². The van der Waals surface area contributed by atoms with E-state index in [1.807, 2.05) is 84.6 Å². The van der Waals surface area contributed by atoms with Gasteiger partial charge in [0.25, 0.3) is 0 Å². The number of carbonyl (C=O) groups excluding carboxylic acids is 1. The molecule has 0 aliphatic carbocycles. The van der Waals surface area contributed by atoms with Gasteiger partial charge in [-0.3, -0.25) is 4.98 Å². The highest BCUT2D eigenvalue weighted by Crippen LogP contribution is 2.41. The molecule has 1 saturated heterocycles. The van der Waals surface area contributed by atoms with Crippen LogP contribution < -0.4 is 10.1 Å². The van der Waals surface area contributed by atoms with Gasteiger partial charge in [-0.05, 0) is 71.2 Å². The number of tetrazole rings is 1. The van der Waals surface area contributed by atoms with Crippen LogP contribution in [0, 0.1) is 11.3 Å². The molecule has 6 aromatic rings. The number of benzene rings is 3. The van der Waals surface area contributed by atoms with Crippen LogP contribution in [-0.4, -0.2) is 60.8 Å². The van der Waals surface area contributed by atoms with Gasteiger partial charge in [-0.2, -0.15) is 0 Å². The van der Waals surface area contributed by atoms with E-state index in [2.05, 4.69) is 67.5 Å². The van der Waals surface area contributed by atoms with Gasteiger partial charge in [0, 0.05) is 31.0 Å². The predicted octanol–water partition coefficient (Wildman–Crippen LogP) is 8.33. The van der Waals surface area contributed by atoms with Crippen LogP contribution in [0.5, 0.6) is 5.88 Å². The predicted molar refractivity (Wildman–Crippen MR) is 203 cm³/mol. The summed E-state index contributed by atoms with van der Waals surface area (Å²) in [6, 6.07) is 36.1. The zero-order valence-electron chi connectivity index (χ0n) is 30.1. The normalized spacial score (nSPS) is 13.9. The molecule has 0 unspecified atom stereocenters. The number of likely N-dealkylation sites (tertiary alicyclic amines) is 1. The number of hydrogen-bond acceptors (Lipinski definition) is 7. The number of nitrogens with one attached hydrogen (secondary N) is 1. The zero-order valence-corrected chi connectivity index (χ0v) is 30.1. The monoisotopic (exact) mass is 692 g/mol. The number of anilines is 1. The first-order valence-electron chi connectivity index (χ1n) is 17.9. The van der Waals surface area contributed by atoms with Crippen molar-refractivity contribution in [3.05, 3.63) is 138 Å². The van der Waals surface area contributed by atoms with E-state index >= 15 is 0 Å². The molecule has 1 fully saturated rings. The van der Waals surface area contributed by atoms with Crippen molar-refractivity contribution < 1.29 is 9.53 Å². The Labute approximate surface area is 304 Å². The molecule has 2 amide bonds. The van der Waals surface area contributed by atoms with E-state index in [1.54, 1.807) is 17.2 Å². The fourth-order valence-electron chi connectivity index (χ4n) is 7.22. The van der Waals surface area contributed by atoms with Crippen molar-refractivity contribution in [3.63, 3.8) is 0 Å². The van der Waals surface area contributed by atoms with Gasteiger partial charge < -0.3 is 15.0 Å². The number of pyridine rings is 2. The first-order valence-corrected chi connectivity index (χ1v) is 17.9. The second-order valence-electron chi connectivity index (χ2n) is 14.2. The van der Waals surface area contributed by atoms with Gasteiger partial charge in [0.1, 0.15) is 5.69 Å². The van der Waals surface area contributed by atoms with Crippen molar-refractivity contribution in [1.29, 1.82) is 0 Å². The Kier molecular flexibility index (Phi) is 9.80. The number of hydrogen-bond donors (Lipinski definition) is 1. The molecule has 3 aromatic heterocycles. The quantitative estimate of drug-likeness (QED) is 0.152. The third-order valence-corrected chi connectivity index (χ3v) is 9.98. The number of aromatic nitrogens is 6. The van der Waals surface area contributed by atoms with Gasteiger partial charge >= 0.3 is 6.03 Å². The molecule has 0 bridgehead atoms. The van der Waals surface area contributed by atoms with Crippen LogP contribution in [0.4, 0.5) is 10.5 Å². The number of piperidine rings is 1. The third-order valence-electron chi connectivity index (χ3n) is 9.98. The van der Waals surface area contributed by atoms with E-state index in [0.717, 1.165) is 35.1 Å². The van der Waals surface area contributed by atoms with E-state index in [1.165, 1.54) is 0 Å². The fourth-order valence-corrected chi connectivity index (χ4v) is 7.22. The van der Waals surface area contributed by atoms with E-state index in [4.69, 9.17) is 25.1 Å². The van der Waals surface area contributed by atoms with Crippen molar-refractivity contribution in [2.75, 3.05) is 25.0 Å². The van der Waals surface area contributed by atoms with Gasteiger partial charge in [-0.15, -0.1) is 15.0 Å². The summed E-state index contributed by atoms with van der Waals surface area (Å²) in [6.45, 7) is 10.4. The minimum atomic E-state index is -0.960. The SMILES string of the molecule is CCOc1nc(-c2cccnc2)c(-c2nnn(C(c3ccccc3)(c3ccccc3)c3ccccc3)n2)cc1NC(=O)N1CCC(C(C)(C)C)CC1. The van der Waals surface area contributed by atoms with Crippen molar-refractivity contribution in [2.45, 2.75) is 46.1 Å². The standard InChI is InChI=1S/C42H44N8O2/c1-5-52-39-36(44-40(51)49-26-23-31(24-27-49)41(2,3)4)28-35(37(45-39)30-16-15-25-43-29-30)38-46-48-50(47-38)42(32-17-9-6-10-18-32,33-19-11-7-12-20-33)34-21-13-8-14-22-34/h6-22,25,28-29,31H,5,23-24,26-27H2,1-4H3,(H,44,51). The lowest BCUT2D eigenvalue weighted by Gasteiger charge is -2.38. The van der Waals surface area contributed by atoms with E-state index in [9.17, 15) is 4.79 Å². The summed E-state index contributed by atoms with van der Waals surface area (Å²) in [4.78, 5) is 26.7. The highest BCUT2D eigenvalue weighted by molar-refractivity contribution is 5.93. The van der Waals surface area contributed by atoms with Crippen LogP contribution in [0.25, 0.3) is 22.6 Å². The van der Waals surface area contributed by atoms with Crippen LogP contribution in [0.3, 0.4) is 0 Å². The number of urea groups is 1. The maximum atomic E-state index is 13.8. The molecule has 0 atom stereocenters. The summed E-state index contributed by atoms with van der Waals surface area (Å²) < 4.78 is 6.05. The van der Waals surface area contributed by atoms with Gasteiger partial charge in [0.05, 0.1) is 17.9 Å². The minimum Gasteiger partial charge on any atom is -0.476 e. The Morgan fingerprint density at radius 1 is 0.846 bits per heavy atom. The molecule has 0 radical (unpaired) electrons. The Bertz CT molecular complexity index is 1990. The van der Waals surface area contributed by atoms with Crippen LogP contribution >= 0.6 is 0 Å². The molecule has 1 N–H and O–H groups in total. The summed E-state index contributed by atoms with van der Waals surface area (Å²) in [7, 11) is 0. The number of nitrogens with zero attached hydrogens (tertiary/aromatic N) is 7. The molecule has 4 heterocycles. The topological polar surface area (TPSA) is 111 Å². The summed E-state index contributed by atoms with van der Waals surface area (Å²) >= 11 is 0. The smallest absolute Gasteiger partial charge is 0.321 e. The van der Waals surface area contributed by atoms with Crippen LogP contribution in [0.2, 0.25) is 0 Å². The van der Waals surface area contributed by atoms with Crippen molar-refractivity contribution >= 4 is 11.7 Å². The van der Waals surface area contributed by atoms with E-state index in [0.29, 0.717) is 54.3 Å². The molecule has 1 aliphatic heterocycles. The number of rotatable bonds is 9. The van der Waals surface area contributed by atoms with E-state index in [-0.39, 0.29) is 11.4 Å². The number of ether oxygens (including phenoxy) is 1. The Balaban J connectivity index is 1.36. The fraction of sp³-hybridized carbons (Fsp3) is 0.286. The molecule has 10 heteroatoms. The van der Waals surface area contributed by atoms with Gasteiger partial charge in [0.2, 0.25) is 11.7 Å². The molecule has 52 heavy (non-hydrogen) atoms. The second kappa shape index (κ2) is 14.8. The zero-order chi connectivity index (χ0) is 36.1. The molecule has 7 rings (SSSR count). The average Bonchev–Trinajstić information content (AvgIpc) is 3.67. The first-order chi connectivity index (χ1) is 25.3. The first kappa shape index (κ1) is 34.5. The lowest BCUT2D eigenvalue weighted by atomic mass is 9.75. The van der Waals surface area contributed by atoms with Crippen molar-refractivity contribution in [2.24, 2.45) is 11.3 Å². The largest absolute Gasteiger partial charge is 0.476 e. The lowest BCUT2D eigenvalue weighted by molar-refractivity contribution is 0.127. The average molecular weight is 693 g/mol. The highest BCUT2D eigenvalue weighted by atomic mass is 16.5. The summed E-state index contributed by atoms with van der Waals surface area (Å²) in [5.41, 5.74) is 4.47. The van der Waals surface area contributed by atoms with Crippen molar-refractivity contribution in [3.8, 4) is 28.5 Å². The Hall–Kier alpha value is -5.90. The molecule has 0 spiro atoms. The van der Waals surface area contributed by atoms with Crippen LogP contribution in [-0.2, 0) is 5.54 Å². The Morgan fingerprint density at radius 3 is 1.96 bits per heavy atom. The molecular formula is C42H44N8O2. The molecule has 1 aliphatic rings. The molecular weight excluding hydrogens is 649 g/mol. The maximum Gasteiger partial charge on any atom is 0.321 e. The van der Waals surface area contributed by atoms with Gasteiger partial charge in [0.15, 0.2) is 5.54 Å². The minimum absolute atomic E-state index is 0.192. The van der Waals surface area contributed by atoms with Gasteiger partial charge in [-0.25, -0.2) is 9.78 Å².